The summed E-state index contributed by atoms with van der Waals surface area (Å²) in [5, 5.41) is 3.56. The van der Waals surface area contributed by atoms with E-state index in [1.165, 1.54) is 16.2 Å². The third kappa shape index (κ3) is 1.58. The molecule has 2 aromatic carbocycles. The van der Waals surface area contributed by atoms with Gasteiger partial charge in [0.25, 0.3) is 0 Å². The van der Waals surface area contributed by atoms with E-state index in [9.17, 15) is 0 Å². The molecule has 0 bridgehead atoms. The molecule has 4 rings (SSSR count). The topological polar surface area (TPSA) is 25.8 Å². The van der Waals surface area contributed by atoms with Crippen LogP contribution in [0, 0.1) is 0 Å². The van der Waals surface area contributed by atoms with Gasteiger partial charge in [0.2, 0.25) is 0 Å². The number of pyridine rings is 2. The summed E-state index contributed by atoms with van der Waals surface area (Å²) >= 11 is 0. The van der Waals surface area contributed by atoms with Crippen molar-refractivity contribution in [1.82, 2.24) is 9.97 Å². The van der Waals surface area contributed by atoms with Gasteiger partial charge in [-0.25, -0.2) is 4.98 Å². The molecule has 0 radical (unpaired) electrons. The van der Waals surface area contributed by atoms with E-state index in [1.807, 2.05) is 12.1 Å². The lowest BCUT2D eigenvalue weighted by molar-refractivity contribution is 1.07. The summed E-state index contributed by atoms with van der Waals surface area (Å²) in [4.78, 5) is 9.60. The highest BCUT2D eigenvalue weighted by Gasteiger charge is 2.09. The Hall–Kier alpha value is -2.48. The molecule has 96 valence electrons. The average molecular weight is 258 g/mol. The van der Waals surface area contributed by atoms with Crippen molar-refractivity contribution in [3.63, 3.8) is 0 Å². The highest BCUT2D eigenvalue weighted by Crippen LogP contribution is 2.28. The smallest absolute Gasteiger partial charge is 0.0931 e. The predicted octanol–water partition coefficient (Wildman–Crippen LogP) is 4.50. The minimum Gasteiger partial charge on any atom is -0.251 e. The number of fused-ring (bicyclic) bond motifs is 4. The Morgan fingerprint density at radius 3 is 2.40 bits per heavy atom. The van der Waals surface area contributed by atoms with E-state index < -0.39 is 0 Å². The lowest BCUT2D eigenvalue weighted by atomic mass is 10.0. The Morgan fingerprint density at radius 2 is 1.55 bits per heavy atom. The zero-order chi connectivity index (χ0) is 13.5. The predicted molar refractivity (Wildman–Crippen MR) is 83.9 cm³/mol. The maximum Gasteiger partial charge on any atom is 0.0931 e. The van der Waals surface area contributed by atoms with Gasteiger partial charge in [-0.3, -0.25) is 4.98 Å². The second-order valence-corrected chi connectivity index (χ2v) is 5.01. The van der Waals surface area contributed by atoms with Crippen LogP contribution in [0.1, 0.15) is 12.6 Å². The number of aryl methyl sites for hydroxylation is 1. The number of nitrogens with zero attached hydrogens (tertiary/aromatic N) is 2. The minimum atomic E-state index is 0.896. The molecular weight excluding hydrogens is 244 g/mol. The second-order valence-electron chi connectivity index (χ2n) is 5.01. The largest absolute Gasteiger partial charge is 0.251 e. The minimum absolute atomic E-state index is 0.896. The normalized spacial score (nSPS) is 11.4. The fraction of sp³-hybridized carbons (Fsp3) is 0.111. The van der Waals surface area contributed by atoms with Crippen molar-refractivity contribution in [3.05, 3.63) is 60.3 Å². The van der Waals surface area contributed by atoms with Crippen LogP contribution in [-0.4, -0.2) is 9.97 Å². The van der Waals surface area contributed by atoms with Crippen LogP contribution in [0.3, 0.4) is 0 Å². The van der Waals surface area contributed by atoms with Crippen molar-refractivity contribution in [1.29, 1.82) is 0 Å². The van der Waals surface area contributed by atoms with Gasteiger partial charge in [0.05, 0.1) is 22.2 Å². The van der Waals surface area contributed by atoms with Gasteiger partial charge in [-0.2, -0.15) is 0 Å². The molecule has 0 aliphatic rings. The van der Waals surface area contributed by atoms with Crippen LogP contribution in [-0.2, 0) is 6.42 Å². The molecule has 2 aromatic heterocycles. The Kier molecular flexibility index (Phi) is 2.43. The third-order valence-electron chi connectivity index (χ3n) is 3.78. The fourth-order valence-corrected chi connectivity index (χ4v) is 2.78. The molecule has 0 atom stereocenters. The molecule has 0 spiro atoms. The van der Waals surface area contributed by atoms with Crippen LogP contribution in [0.2, 0.25) is 0 Å². The van der Waals surface area contributed by atoms with Crippen molar-refractivity contribution in [2.75, 3.05) is 0 Å². The third-order valence-corrected chi connectivity index (χ3v) is 3.78. The molecule has 0 unspecified atom stereocenters. The van der Waals surface area contributed by atoms with Gasteiger partial charge < -0.3 is 0 Å². The molecule has 0 amide bonds. The van der Waals surface area contributed by atoms with E-state index in [2.05, 4.69) is 49.4 Å². The number of benzene rings is 2. The van der Waals surface area contributed by atoms with Gasteiger partial charge in [0.1, 0.15) is 0 Å². The van der Waals surface area contributed by atoms with Crippen LogP contribution >= 0.6 is 0 Å². The molecule has 0 fully saturated rings. The number of hydrogen-bond donors (Lipinski definition) is 0. The second kappa shape index (κ2) is 4.27. The zero-order valence-electron chi connectivity index (χ0n) is 11.3. The van der Waals surface area contributed by atoms with Crippen LogP contribution < -0.4 is 0 Å². The molecule has 0 saturated heterocycles. The quantitative estimate of drug-likeness (QED) is 0.371. The highest BCUT2D eigenvalue weighted by atomic mass is 14.8. The number of aromatic nitrogens is 2. The molecular formula is C18H14N2. The lowest BCUT2D eigenvalue weighted by Gasteiger charge is -2.09. The summed E-state index contributed by atoms with van der Waals surface area (Å²) in [6, 6.07) is 18.8. The van der Waals surface area contributed by atoms with E-state index in [0.717, 1.165) is 28.7 Å². The summed E-state index contributed by atoms with van der Waals surface area (Å²) in [6.45, 7) is 2.13. The standard InChI is InChI=1S/C18H14N2/c1-2-15-18-14(13-8-4-6-10-17(13)19-15)11-12-7-3-5-9-16(12)20-18/h3-11H,2H2,1H3. The fourth-order valence-electron chi connectivity index (χ4n) is 2.78. The van der Waals surface area contributed by atoms with Crippen LogP contribution in [0.25, 0.3) is 32.7 Å². The maximum absolute atomic E-state index is 4.84. The van der Waals surface area contributed by atoms with Gasteiger partial charge >= 0.3 is 0 Å². The monoisotopic (exact) mass is 258 g/mol. The molecule has 4 aromatic rings. The summed E-state index contributed by atoms with van der Waals surface area (Å²) in [5.74, 6) is 0. The van der Waals surface area contributed by atoms with E-state index in [-0.39, 0.29) is 0 Å². The van der Waals surface area contributed by atoms with Crippen LogP contribution in [0.5, 0.6) is 0 Å². The first-order chi connectivity index (χ1) is 9.86. The highest BCUT2D eigenvalue weighted by molar-refractivity contribution is 6.08. The molecule has 0 saturated carbocycles. The van der Waals surface area contributed by atoms with Gasteiger partial charge in [-0.15, -0.1) is 0 Å². The molecule has 2 heterocycles. The van der Waals surface area contributed by atoms with Crippen molar-refractivity contribution >= 4 is 32.7 Å². The summed E-state index contributed by atoms with van der Waals surface area (Å²) in [5.41, 5.74) is 4.19. The Labute approximate surface area is 117 Å². The molecule has 0 aliphatic carbocycles. The van der Waals surface area contributed by atoms with E-state index in [0.29, 0.717) is 0 Å². The molecule has 2 nitrogen and oxygen atoms in total. The zero-order valence-corrected chi connectivity index (χ0v) is 11.3. The SMILES string of the molecule is CCc1nc2ccccc2c2cc3ccccc3nc12. The molecule has 0 aliphatic heterocycles. The van der Waals surface area contributed by atoms with Crippen LogP contribution in [0.15, 0.2) is 54.6 Å². The number of hydrogen-bond acceptors (Lipinski definition) is 2. The first-order valence-electron chi connectivity index (χ1n) is 6.94. The van der Waals surface area contributed by atoms with Crippen molar-refractivity contribution in [2.45, 2.75) is 13.3 Å². The van der Waals surface area contributed by atoms with E-state index >= 15 is 0 Å². The van der Waals surface area contributed by atoms with E-state index in [1.54, 1.807) is 0 Å². The maximum atomic E-state index is 4.84. The first-order valence-corrected chi connectivity index (χ1v) is 6.94. The molecule has 0 N–H and O–H groups in total. The number of para-hydroxylation sites is 2. The first kappa shape index (κ1) is 11.4. The van der Waals surface area contributed by atoms with Crippen LogP contribution in [0.4, 0.5) is 0 Å². The van der Waals surface area contributed by atoms with Gasteiger partial charge in [-0.05, 0) is 24.6 Å². The summed E-state index contributed by atoms with van der Waals surface area (Å²) < 4.78 is 0. The summed E-state index contributed by atoms with van der Waals surface area (Å²) in [7, 11) is 0. The Bertz CT molecular complexity index is 942. The number of rotatable bonds is 1. The van der Waals surface area contributed by atoms with Gasteiger partial charge in [-0.1, -0.05) is 43.3 Å². The summed E-state index contributed by atoms with van der Waals surface area (Å²) in [6.07, 6.45) is 0.896. The Morgan fingerprint density at radius 1 is 0.800 bits per heavy atom. The van der Waals surface area contributed by atoms with Crippen molar-refractivity contribution in [2.24, 2.45) is 0 Å². The lowest BCUT2D eigenvalue weighted by Crippen LogP contribution is -1.94. The van der Waals surface area contributed by atoms with Gasteiger partial charge in [0, 0.05) is 16.2 Å². The van der Waals surface area contributed by atoms with Gasteiger partial charge in [0.15, 0.2) is 0 Å². The molecule has 2 heteroatoms. The van der Waals surface area contributed by atoms with Crippen molar-refractivity contribution in [3.8, 4) is 0 Å². The van der Waals surface area contributed by atoms with Crippen molar-refractivity contribution < 1.29 is 0 Å². The Balaban J connectivity index is 2.28. The average Bonchev–Trinajstić information content (AvgIpc) is 2.52. The van der Waals surface area contributed by atoms with E-state index in [4.69, 9.17) is 9.97 Å². The molecule has 20 heavy (non-hydrogen) atoms.